The second-order valence-corrected chi connectivity index (χ2v) is 7.45. The first-order chi connectivity index (χ1) is 13.7. The summed E-state index contributed by atoms with van der Waals surface area (Å²) < 4.78 is 10.5. The number of nitrogens with zero attached hydrogens (tertiary/aromatic N) is 3. The number of rotatable bonds is 7. The quantitative estimate of drug-likeness (QED) is 0.560. The molecule has 1 saturated heterocycles. The van der Waals surface area contributed by atoms with Crippen molar-refractivity contribution in [2.24, 2.45) is 0 Å². The Morgan fingerprint density at radius 2 is 1.86 bits per heavy atom. The lowest BCUT2D eigenvalue weighted by molar-refractivity contribution is -0.113. The van der Waals surface area contributed by atoms with E-state index in [4.69, 9.17) is 9.47 Å². The van der Waals surface area contributed by atoms with Gasteiger partial charge in [-0.3, -0.25) is 4.79 Å². The Labute approximate surface area is 169 Å². The van der Waals surface area contributed by atoms with Crippen molar-refractivity contribution in [3.8, 4) is 11.5 Å². The Kier molecular flexibility index (Phi) is 7.36. The number of anilines is 2. The van der Waals surface area contributed by atoms with Crippen LogP contribution in [0.3, 0.4) is 0 Å². The summed E-state index contributed by atoms with van der Waals surface area (Å²) in [5.74, 6) is 2.24. The zero-order valence-electron chi connectivity index (χ0n) is 16.3. The maximum absolute atomic E-state index is 12.3. The fourth-order valence-electron chi connectivity index (χ4n) is 3.12. The van der Waals surface area contributed by atoms with Crippen molar-refractivity contribution in [2.45, 2.75) is 30.8 Å². The van der Waals surface area contributed by atoms with E-state index in [1.165, 1.54) is 37.4 Å². The van der Waals surface area contributed by atoms with Crippen LogP contribution in [0, 0.1) is 0 Å². The molecule has 0 unspecified atom stereocenters. The van der Waals surface area contributed by atoms with E-state index in [-0.39, 0.29) is 11.7 Å². The Morgan fingerprint density at radius 1 is 1.11 bits per heavy atom. The molecule has 1 aromatic carbocycles. The second-order valence-electron chi connectivity index (χ2n) is 6.51. The van der Waals surface area contributed by atoms with E-state index in [1.54, 1.807) is 38.6 Å². The van der Waals surface area contributed by atoms with Crippen molar-refractivity contribution < 1.29 is 14.3 Å². The summed E-state index contributed by atoms with van der Waals surface area (Å²) in [7, 11) is 3.14. The van der Waals surface area contributed by atoms with E-state index in [2.05, 4.69) is 20.2 Å². The number of benzene rings is 1. The van der Waals surface area contributed by atoms with Crippen molar-refractivity contribution >= 4 is 29.2 Å². The SMILES string of the molecule is COc1ccc(NC(=O)CSc2nccc(N3CCCCCC3)n2)cc1OC. The molecule has 7 nitrogen and oxygen atoms in total. The summed E-state index contributed by atoms with van der Waals surface area (Å²) in [6, 6.07) is 7.21. The van der Waals surface area contributed by atoms with Crippen LogP contribution in [0.2, 0.25) is 0 Å². The molecular weight excluding hydrogens is 376 g/mol. The molecule has 1 fully saturated rings. The average molecular weight is 403 g/mol. The molecule has 0 aliphatic carbocycles. The number of nitrogens with one attached hydrogen (secondary N) is 1. The number of hydrogen-bond acceptors (Lipinski definition) is 7. The molecule has 0 bridgehead atoms. The van der Waals surface area contributed by atoms with Gasteiger partial charge in [-0.1, -0.05) is 24.6 Å². The predicted molar refractivity (Wildman–Crippen MR) is 112 cm³/mol. The minimum Gasteiger partial charge on any atom is -0.493 e. The first kappa shape index (κ1) is 20.3. The monoisotopic (exact) mass is 402 g/mol. The van der Waals surface area contributed by atoms with Gasteiger partial charge in [-0.25, -0.2) is 9.97 Å². The predicted octanol–water partition coefficient (Wildman–Crippen LogP) is 3.61. The molecule has 0 radical (unpaired) electrons. The van der Waals surface area contributed by atoms with Crippen molar-refractivity contribution in [1.29, 1.82) is 0 Å². The Balaban J connectivity index is 1.56. The maximum atomic E-state index is 12.3. The molecule has 1 aromatic heterocycles. The van der Waals surface area contributed by atoms with Gasteiger partial charge in [0.15, 0.2) is 16.7 Å². The van der Waals surface area contributed by atoms with Crippen LogP contribution in [0.1, 0.15) is 25.7 Å². The molecule has 0 spiro atoms. The summed E-state index contributed by atoms with van der Waals surface area (Å²) in [6.45, 7) is 2.06. The molecular formula is C20H26N4O3S. The molecule has 1 amide bonds. The van der Waals surface area contributed by atoms with Crippen LogP contribution in [0.5, 0.6) is 11.5 Å². The molecule has 150 valence electrons. The highest BCUT2D eigenvalue weighted by Crippen LogP contribution is 2.30. The van der Waals surface area contributed by atoms with Gasteiger partial charge >= 0.3 is 0 Å². The number of amides is 1. The van der Waals surface area contributed by atoms with E-state index in [0.29, 0.717) is 22.3 Å². The minimum atomic E-state index is -0.124. The highest BCUT2D eigenvalue weighted by molar-refractivity contribution is 7.99. The smallest absolute Gasteiger partial charge is 0.234 e. The van der Waals surface area contributed by atoms with Gasteiger partial charge in [0, 0.05) is 31.0 Å². The van der Waals surface area contributed by atoms with Gasteiger partial charge in [0.1, 0.15) is 5.82 Å². The van der Waals surface area contributed by atoms with E-state index < -0.39 is 0 Å². The van der Waals surface area contributed by atoms with Crippen LogP contribution in [-0.4, -0.2) is 48.9 Å². The van der Waals surface area contributed by atoms with Gasteiger partial charge in [-0.05, 0) is 31.0 Å². The van der Waals surface area contributed by atoms with Crippen molar-refractivity contribution in [3.05, 3.63) is 30.5 Å². The third-order valence-corrected chi connectivity index (χ3v) is 5.41. The minimum absolute atomic E-state index is 0.124. The number of hydrogen-bond donors (Lipinski definition) is 1. The van der Waals surface area contributed by atoms with Crippen LogP contribution in [0.4, 0.5) is 11.5 Å². The Morgan fingerprint density at radius 3 is 2.57 bits per heavy atom. The van der Waals surface area contributed by atoms with Crippen molar-refractivity contribution in [3.63, 3.8) is 0 Å². The number of aromatic nitrogens is 2. The number of methoxy groups -OCH3 is 2. The zero-order chi connectivity index (χ0) is 19.8. The third-order valence-electron chi connectivity index (χ3n) is 4.55. The molecule has 0 atom stereocenters. The van der Waals surface area contributed by atoms with Gasteiger partial charge in [-0.15, -0.1) is 0 Å². The Bertz CT molecular complexity index is 795. The normalized spacial score (nSPS) is 14.3. The number of ether oxygens (including phenoxy) is 2. The molecule has 1 N–H and O–H groups in total. The highest BCUT2D eigenvalue weighted by Gasteiger charge is 2.13. The van der Waals surface area contributed by atoms with E-state index in [1.807, 2.05) is 6.07 Å². The van der Waals surface area contributed by atoms with Gasteiger partial charge < -0.3 is 19.7 Å². The second kappa shape index (κ2) is 10.2. The third kappa shape index (κ3) is 5.51. The van der Waals surface area contributed by atoms with Crippen molar-refractivity contribution in [2.75, 3.05) is 43.3 Å². The zero-order valence-corrected chi connectivity index (χ0v) is 17.1. The number of carbonyl (C=O) groups excluding carboxylic acids is 1. The standard InChI is InChI=1S/C20H26N4O3S/c1-26-16-8-7-15(13-17(16)27-2)22-19(25)14-28-20-21-10-9-18(23-20)24-11-5-3-4-6-12-24/h7-10,13H,3-6,11-12,14H2,1-2H3,(H,22,25). The Hall–Kier alpha value is -2.48. The topological polar surface area (TPSA) is 76.6 Å². The fraction of sp³-hybridized carbons (Fsp3) is 0.450. The maximum Gasteiger partial charge on any atom is 0.234 e. The fourth-order valence-corrected chi connectivity index (χ4v) is 3.74. The number of carbonyl (C=O) groups is 1. The van der Waals surface area contributed by atoms with Crippen LogP contribution in [0.25, 0.3) is 0 Å². The van der Waals surface area contributed by atoms with E-state index in [9.17, 15) is 4.79 Å². The summed E-state index contributed by atoms with van der Waals surface area (Å²) in [5, 5.41) is 3.48. The lowest BCUT2D eigenvalue weighted by Crippen LogP contribution is -2.25. The number of thioether (sulfide) groups is 1. The van der Waals surface area contributed by atoms with Crippen LogP contribution in [0.15, 0.2) is 35.6 Å². The molecule has 3 rings (SSSR count). The van der Waals surface area contributed by atoms with Gasteiger partial charge in [-0.2, -0.15) is 0 Å². The first-order valence-corrected chi connectivity index (χ1v) is 10.4. The van der Waals surface area contributed by atoms with E-state index >= 15 is 0 Å². The molecule has 2 heterocycles. The van der Waals surface area contributed by atoms with E-state index in [0.717, 1.165) is 18.9 Å². The lowest BCUT2D eigenvalue weighted by atomic mass is 10.2. The van der Waals surface area contributed by atoms with Gasteiger partial charge in [0.25, 0.3) is 0 Å². The first-order valence-electron chi connectivity index (χ1n) is 9.42. The molecule has 2 aromatic rings. The largest absolute Gasteiger partial charge is 0.493 e. The van der Waals surface area contributed by atoms with Gasteiger partial charge in [0.2, 0.25) is 5.91 Å². The molecule has 0 saturated carbocycles. The molecule has 1 aliphatic heterocycles. The summed E-state index contributed by atoms with van der Waals surface area (Å²) >= 11 is 1.33. The van der Waals surface area contributed by atoms with Crippen LogP contribution >= 0.6 is 11.8 Å². The van der Waals surface area contributed by atoms with Crippen LogP contribution < -0.4 is 19.7 Å². The highest BCUT2D eigenvalue weighted by atomic mass is 32.2. The molecule has 28 heavy (non-hydrogen) atoms. The summed E-state index contributed by atoms with van der Waals surface area (Å²) in [4.78, 5) is 23.5. The lowest BCUT2D eigenvalue weighted by Gasteiger charge is -2.21. The summed E-state index contributed by atoms with van der Waals surface area (Å²) in [6.07, 6.45) is 6.71. The van der Waals surface area contributed by atoms with Gasteiger partial charge in [0.05, 0.1) is 20.0 Å². The van der Waals surface area contributed by atoms with Crippen molar-refractivity contribution in [1.82, 2.24) is 9.97 Å². The summed E-state index contributed by atoms with van der Waals surface area (Å²) in [5.41, 5.74) is 0.655. The molecule has 8 heteroatoms. The average Bonchev–Trinajstić information content (AvgIpc) is 3.02. The van der Waals surface area contributed by atoms with Crippen LogP contribution in [-0.2, 0) is 4.79 Å². The molecule has 1 aliphatic rings.